The van der Waals surface area contributed by atoms with Crippen molar-refractivity contribution >= 4 is 40.8 Å². The number of hydrogen-bond donors (Lipinski definition) is 3. The first kappa shape index (κ1) is 21.4. The molecule has 2 heterocycles. The second-order valence-corrected chi connectivity index (χ2v) is 8.51. The van der Waals surface area contributed by atoms with Crippen LogP contribution in [0.3, 0.4) is 0 Å². The number of aromatic amines is 1. The fraction of sp³-hybridized carbons (Fsp3) is 0.591. The maximum absolute atomic E-state index is 5.92. The molecule has 1 aliphatic heterocycles. The molecule has 2 aromatic rings. The lowest BCUT2D eigenvalue weighted by Gasteiger charge is -2.54. The summed E-state index contributed by atoms with van der Waals surface area (Å²) < 4.78 is 5.92. The van der Waals surface area contributed by atoms with Crippen LogP contribution in [0.4, 0.5) is 0 Å². The maximum Gasteiger partial charge on any atom is 0.191 e. The molecule has 6 heteroatoms. The van der Waals surface area contributed by atoms with Gasteiger partial charge >= 0.3 is 0 Å². The van der Waals surface area contributed by atoms with Gasteiger partial charge in [0.15, 0.2) is 5.96 Å². The van der Waals surface area contributed by atoms with Gasteiger partial charge in [-0.3, -0.25) is 4.99 Å². The molecule has 4 rings (SSSR count). The number of aliphatic imine (C=N–C) groups is 1. The summed E-state index contributed by atoms with van der Waals surface area (Å²) in [5.41, 5.74) is 4.02. The third-order valence-corrected chi connectivity index (χ3v) is 6.40. The minimum atomic E-state index is 0. The van der Waals surface area contributed by atoms with E-state index in [0.717, 1.165) is 38.5 Å². The SMILES string of the molecule is CCNC(=NCCc1c[nH]c2c(C)cccc12)NC1C2CCOC2C1(C)C.I. The van der Waals surface area contributed by atoms with E-state index in [1.54, 1.807) is 0 Å². The van der Waals surface area contributed by atoms with Gasteiger partial charge in [-0.2, -0.15) is 0 Å². The molecular formula is C22H33IN4O. The van der Waals surface area contributed by atoms with Crippen LogP contribution >= 0.6 is 24.0 Å². The first-order chi connectivity index (χ1) is 13.0. The molecule has 3 atom stereocenters. The Labute approximate surface area is 185 Å². The van der Waals surface area contributed by atoms with Gasteiger partial charge in [-0.05, 0) is 37.8 Å². The zero-order valence-electron chi connectivity index (χ0n) is 17.3. The Morgan fingerprint density at radius 3 is 2.96 bits per heavy atom. The molecule has 28 heavy (non-hydrogen) atoms. The number of aryl methyl sites for hydroxylation is 1. The van der Waals surface area contributed by atoms with E-state index in [2.05, 4.69) is 67.7 Å². The molecule has 0 amide bonds. The molecule has 0 spiro atoms. The van der Waals surface area contributed by atoms with Gasteiger partial charge in [-0.15, -0.1) is 24.0 Å². The van der Waals surface area contributed by atoms with Gasteiger partial charge in [0.25, 0.3) is 0 Å². The average Bonchev–Trinajstić information content (AvgIpc) is 3.26. The fourth-order valence-corrected chi connectivity index (χ4v) is 4.94. The predicted octanol–water partition coefficient (Wildman–Crippen LogP) is 4.01. The highest BCUT2D eigenvalue weighted by Gasteiger charge is 2.59. The van der Waals surface area contributed by atoms with Crippen molar-refractivity contribution in [2.75, 3.05) is 19.7 Å². The third kappa shape index (κ3) is 3.77. The van der Waals surface area contributed by atoms with Crippen LogP contribution in [0.2, 0.25) is 0 Å². The minimum Gasteiger partial charge on any atom is -0.377 e. The van der Waals surface area contributed by atoms with Crippen molar-refractivity contribution in [2.45, 2.75) is 52.7 Å². The van der Waals surface area contributed by atoms with Crippen LogP contribution in [-0.4, -0.2) is 42.8 Å². The Balaban J connectivity index is 0.00000225. The molecule has 1 saturated carbocycles. The number of rotatable bonds is 5. The molecule has 1 aromatic heterocycles. The largest absolute Gasteiger partial charge is 0.377 e. The fourth-order valence-electron chi connectivity index (χ4n) is 4.94. The van der Waals surface area contributed by atoms with E-state index in [-0.39, 0.29) is 29.4 Å². The Kier molecular flexibility index (Phi) is 6.59. The number of nitrogens with zero attached hydrogens (tertiary/aromatic N) is 1. The van der Waals surface area contributed by atoms with Gasteiger partial charge in [0, 0.05) is 54.2 Å². The van der Waals surface area contributed by atoms with Crippen molar-refractivity contribution in [2.24, 2.45) is 16.3 Å². The highest BCUT2D eigenvalue weighted by atomic mass is 127. The van der Waals surface area contributed by atoms with Gasteiger partial charge in [-0.1, -0.05) is 32.0 Å². The summed E-state index contributed by atoms with van der Waals surface area (Å²) in [6.45, 7) is 11.4. The Bertz CT molecular complexity index is 844. The molecule has 5 nitrogen and oxygen atoms in total. The summed E-state index contributed by atoms with van der Waals surface area (Å²) in [6.07, 6.45) is 4.61. The summed E-state index contributed by atoms with van der Waals surface area (Å²) in [5.74, 6) is 1.54. The Hall–Kier alpha value is -1.28. The van der Waals surface area contributed by atoms with Crippen molar-refractivity contribution in [3.63, 3.8) is 0 Å². The first-order valence-electron chi connectivity index (χ1n) is 10.2. The van der Waals surface area contributed by atoms with Gasteiger partial charge < -0.3 is 20.4 Å². The number of H-pyrrole nitrogens is 1. The van der Waals surface area contributed by atoms with Crippen LogP contribution in [0.25, 0.3) is 10.9 Å². The average molecular weight is 496 g/mol. The number of fused-ring (bicyclic) bond motifs is 2. The summed E-state index contributed by atoms with van der Waals surface area (Å²) in [4.78, 5) is 8.27. The van der Waals surface area contributed by atoms with Crippen LogP contribution in [0.15, 0.2) is 29.4 Å². The van der Waals surface area contributed by atoms with Crippen molar-refractivity contribution in [3.8, 4) is 0 Å². The number of benzene rings is 1. The monoisotopic (exact) mass is 496 g/mol. The molecule has 1 saturated heterocycles. The van der Waals surface area contributed by atoms with Crippen molar-refractivity contribution in [1.29, 1.82) is 0 Å². The Morgan fingerprint density at radius 2 is 2.18 bits per heavy atom. The zero-order valence-corrected chi connectivity index (χ0v) is 19.7. The standard InChI is InChI=1S/C22H32N4O.HI/c1-5-23-21(26-19-17-10-12-27-20(17)22(19,3)4)24-11-9-15-13-25-18-14(2)7-6-8-16(15)18;/h6-8,13,17,19-20,25H,5,9-12H2,1-4H3,(H2,23,24,26);1H. The second-order valence-electron chi connectivity index (χ2n) is 8.51. The molecular weight excluding hydrogens is 463 g/mol. The van der Waals surface area contributed by atoms with Crippen molar-refractivity contribution < 1.29 is 4.74 Å². The number of aromatic nitrogens is 1. The highest BCUT2D eigenvalue weighted by molar-refractivity contribution is 14.0. The van der Waals surface area contributed by atoms with Crippen LogP contribution in [0, 0.1) is 18.3 Å². The summed E-state index contributed by atoms with van der Waals surface area (Å²) in [5, 5.41) is 8.42. The van der Waals surface area contributed by atoms with E-state index in [9.17, 15) is 0 Å². The summed E-state index contributed by atoms with van der Waals surface area (Å²) in [7, 11) is 0. The number of ether oxygens (including phenoxy) is 1. The van der Waals surface area contributed by atoms with Gasteiger partial charge in [0.05, 0.1) is 6.10 Å². The normalized spacial score (nSPS) is 25.7. The van der Waals surface area contributed by atoms with Crippen molar-refractivity contribution in [1.82, 2.24) is 15.6 Å². The second kappa shape index (κ2) is 8.61. The smallest absolute Gasteiger partial charge is 0.191 e. The molecule has 154 valence electrons. The van der Waals surface area contributed by atoms with Crippen LogP contribution < -0.4 is 10.6 Å². The molecule has 1 aromatic carbocycles. The highest BCUT2D eigenvalue weighted by Crippen LogP contribution is 2.52. The molecule has 2 fully saturated rings. The van der Waals surface area contributed by atoms with E-state index in [1.165, 1.54) is 22.0 Å². The number of guanidine groups is 1. The van der Waals surface area contributed by atoms with E-state index in [4.69, 9.17) is 9.73 Å². The first-order valence-corrected chi connectivity index (χ1v) is 10.2. The Morgan fingerprint density at radius 1 is 1.36 bits per heavy atom. The molecule has 0 radical (unpaired) electrons. The van der Waals surface area contributed by atoms with E-state index < -0.39 is 0 Å². The van der Waals surface area contributed by atoms with Crippen LogP contribution in [0.1, 0.15) is 38.3 Å². The molecule has 3 unspecified atom stereocenters. The number of hydrogen-bond acceptors (Lipinski definition) is 2. The van der Waals surface area contributed by atoms with E-state index in [0.29, 0.717) is 18.1 Å². The third-order valence-electron chi connectivity index (χ3n) is 6.40. The molecule has 0 bridgehead atoms. The lowest BCUT2D eigenvalue weighted by Crippen LogP contribution is -2.68. The quantitative estimate of drug-likeness (QED) is 0.333. The van der Waals surface area contributed by atoms with Gasteiger partial charge in [0.2, 0.25) is 0 Å². The van der Waals surface area contributed by atoms with Gasteiger partial charge in [-0.25, -0.2) is 0 Å². The molecule has 3 N–H and O–H groups in total. The molecule has 2 aliphatic rings. The van der Waals surface area contributed by atoms with Crippen molar-refractivity contribution in [3.05, 3.63) is 35.5 Å². The van der Waals surface area contributed by atoms with E-state index >= 15 is 0 Å². The topological polar surface area (TPSA) is 61.4 Å². The number of para-hydroxylation sites is 1. The van der Waals surface area contributed by atoms with Crippen LogP contribution in [-0.2, 0) is 11.2 Å². The van der Waals surface area contributed by atoms with Gasteiger partial charge in [0.1, 0.15) is 0 Å². The molecule has 1 aliphatic carbocycles. The summed E-state index contributed by atoms with van der Waals surface area (Å²) in [6, 6.07) is 6.90. The lowest BCUT2D eigenvalue weighted by molar-refractivity contribution is -0.106. The minimum absolute atomic E-state index is 0. The summed E-state index contributed by atoms with van der Waals surface area (Å²) >= 11 is 0. The predicted molar refractivity (Wildman–Crippen MR) is 127 cm³/mol. The maximum atomic E-state index is 5.92. The van der Waals surface area contributed by atoms with Crippen LogP contribution in [0.5, 0.6) is 0 Å². The lowest BCUT2D eigenvalue weighted by atomic mass is 9.57. The number of halogens is 1. The number of nitrogens with one attached hydrogen (secondary N) is 3. The van der Waals surface area contributed by atoms with E-state index in [1.807, 2.05) is 0 Å². The zero-order chi connectivity index (χ0) is 19.0.